The van der Waals surface area contributed by atoms with E-state index in [4.69, 9.17) is 5.73 Å². The molecule has 2 heterocycles. The van der Waals surface area contributed by atoms with Gasteiger partial charge in [0.25, 0.3) is 0 Å². The van der Waals surface area contributed by atoms with E-state index in [9.17, 15) is 0 Å². The van der Waals surface area contributed by atoms with Gasteiger partial charge in [-0.2, -0.15) is 0 Å². The van der Waals surface area contributed by atoms with Crippen molar-refractivity contribution < 1.29 is 0 Å². The Bertz CT molecular complexity index is 385. The molecule has 3 N–H and O–H groups in total. The van der Waals surface area contributed by atoms with Gasteiger partial charge in [0.05, 0.1) is 5.00 Å². The van der Waals surface area contributed by atoms with Gasteiger partial charge in [-0.15, -0.1) is 11.3 Å². The average Bonchev–Trinajstić information content (AvgIpc) is 2.43. The van der Waals surface area contributed by atoms with Gasteiger partial charge in [0, 0.05) is 17.5 Å². The Morgan fingerprint density at radius 1 is 1.23 bits per heavy atom. The Balaban J connectivity index is 2.36. The average molecular weight is 190 g/mol. The third-order valence-corrected chi connectivity index (χ3v) is 2.55. The lowest BCUT2D eigenvalue weighted by molar-refractivity contribution is 1.23. The monoisotopic (exact) mass is 190 g/mol. The SMILES string of the molecule is Nc1sccc1C1=CC=CC=CN1. The van der Waals surface area contributed by atoms with E-state index in [0.29, 0.717) is 0 Å². The molecule has 2 rings (SSSR count). The normalized spacial score (nSPS) is 14.9. The van der Waals surface area contributed by atoms with Crippen LogP contribution in [0.5, 0.6) is 0 Å². The van der Waals surface area contributed by atoms with E-state index >= 15 is 0 Å². The van der Waals surface area contributed by atoms with Crippen LogP contribution in [0.2, 0.25) is 0 Å². The van der Waals surface area contributed by atoms with E-state index in [1.807, 2.05) is 42.0 Å². The molecule has 0 spiro atoms. The van der Waals surface area contributed by atoms with Gasteiger partial charge in [-0.25, -0.2) is 0 Å². The maximum atomic E-state index is 5.81. The number of rotatable bonds is 1. The fraction of sp³-hybridized carbons (Fsp3) is 0. The first kappa shape index (κ1) is 8.13. The molecule has 1 aliphatic heterocycles. The Hall–Kier alpha value is -1.48. The maximum Gasteiger partial charge on any atom is 0.0951 e. The zero-order valence-electron chi connectivity index (χ0n) is 7.03. The third kappa shape index (κ3) is 1.65. The van der Waals surface area contributed by atoms with E-state index in [-0.39, 0.29) is 0 Å². The molecule has 0 amide bonds. The molecule has 0 atom stereocenters. The summed E-state index contributed by atoms with van der Waals surface area (Å²) in [7, 11) is 0. The van der Waals surface area contributed by atoms with Gasteiger partial charge in [-0.05, 0) is 23.6 Å². The fourth-order valence-corrected chi connectivity index (χ4v) is 1.82. The first-order valence-electron chi connectivity index (χ1n) is 4.01. The summed E-state index contributed by atoms with van der Waals surface area (Å²) in [6.07, 6.45) is 9.82. The molecule has 2 nitrogen and oxygen atoms in total. The van der Waals surface area contributed by atoms with Crippen molar-refractivity contribution >= 4 is 22.0 Å². The van der Waals surface area contributed by atoms with Crippen molar-refractivity contribution in [1.82, 2.24) is 5.32 Å². The Morgan fingerprint density at radius 2 is 2.15 bits per heavy atom. The van der Waals surface area contributed by atoms with Gasteiger partial charge >= 0.3 is 0 Å². The topological polar surface area (TPSA) is 38.0 Å². The molecule has 0 saturated carbocycles. The van der Waals surface area contributed by atoms with E-state index in [1.165, 1.54) is 0 Å². The first-order chi connectivity index (χ1) is 6.38. The van der Waals surface area contributed by atoms with Crippen LogP contribution in [0.15, 0.2) is 42.0 Å². The highest BCUT2D eigenvalue weighted by Gasteiger charge is 2.04. The minimum atomic E-state index is 0.849. The zero-order chi connectivity index (χ0) is 9.10. The highest BCUT2D eigenvalue weighted by atomic mass is 32.1. The second-order valence-electron chi connectivity index (χ2n) is 2.67. The number of nitrogens with one attached hydrogen (secondary N) is 1. The fourth-order valence-electron chi connectivity index (χ4n) is 1.17. The smallest absolute Gasteiger partial charge is 0.0951 e. The molecule has 0 radical (unpaired) electrons. The highest BCUT2D eigenvalue weighted by molar-refractivity contribution is 7.14. The van der Waals surface area contributed by atoms with Gasteiger partial charge in [0.1, 0.15) is 0 Å². The molecule has 3 heteroatoms. The summed E-state index contributed by atoms with van der Waals surface area (Å²) in [6.45, 7) is 0. The largest absolute Gasteiger partial charge is 0.390 e. The van der Waals surface area contributed by atoms with Crippen LogP contribution in [-0.2, 0) is 0 Å². The molecule has 66 valence electrons. The van der Waals surface area contributed by atoms with Crippen LogP contribution in [0.3, 0.4) is 0 Å². The first-order valence-corrected chi connectivity index (χ1v) is 4.89. The molecule has 13 heavy (non-hydrogen) atoms. The minimum Gasteiger partial charge on any atom is -0.390 e. The Morgan fingerprint density at radius 3 is 2.92 bits per heavy atom. The van der Waals surface area contributed by atoms with Crippen molar-refractivity contribution in [3.63, 3.8) is 0 Å². The molecule has 0 fully saturated rings. The van der Waals surface area contributed by atoms with Crippen LogP contribution < -0.4 is 11.1 Å². The molecular weight excluding hydrogens is 180 g/mol. The zero-order valence-corrected chi connectivity index (χ0v) is 7.84. The van der Waals surface area contributed by atoms with Crippen LogP contribution in [0.25, 0.3) is 5.70 Å². The van der Waals surface area contributed by atoms with Gasteiger partial charge < -0.3 is 11.1 Å². The molecule has 0 aliphatic carbocycles. The second-order valence-corrected chi connectivity index (χ2v) is 3.61. The minimum absolute atomic E-state index is 0.849. The van der Waals surface area contributed by atoms with E-state index in [2.05, 4.69) is 5.32 Å². The van der Waals surface area contributed by atoms with Crippen LogP contribution in [-0.4, -0.2) is 0 Å². The van der Waals surface area contributed by atoms with Crippen LogP contribution in [0.4, 0.5) is 5.00 Å². The summed E-state index contributed by atoms with van der Waals surface area (Å²) in [5.41, 5.74) is 7.93. The number of thiophene rings is 1. The van der Waals surface area contributed by atoms with Crippen LogP contribution >= 0.6 is 11.3 Å². The van der Waals surface area contributed by atoms with Gasteiger partial charge in [0.15, 0.2) is 0 Å². The van der Waals surface area contributed by atoms with E-state index < -0.39 is 0 Å². The second kappa shape index (κ2) is 3.49. The predicted octanol–water partition coefficient (Wildman–Crippen LogP) is 2.34. The predicted molar refractivity (Wildman–Crippen MR) is 58.1 cm³/mol. The summed E-state index contributed by atoms with van der Waals surface area (Å²) < 4.78 is 0. The number of hydrogen-bond acceptors (Lipinski definition) is 3. The van der Waals surface area contributed by atoms with Crippen LogP contribution in [0.1, 0.15) is 5.56 Å². The molecule has 1 aromatic heterocycles. The molecule has 0 aromatic carbocycles. The van der Waals surface area contributed by atoms with Gasteiger partial charge in [-0.1, -0.05) is 12.2 Å². The number of anilines is 1. The lowest BCUT2D eigenvalue weighted by Gasteiger charge is -2.04. The van der Waals surface area contributed by atoms with Crippen molar-refractivity contribution in [2.75, 3.05) is 5.73 Å². The van der Waals surface area contributed by atoms with Crippen molar-refractivity contribution in [2.24, 2.45) is 0 Å². The molecule has 1 aliphatic rings. The van der Waals surface area contributed by atoms with E-state index in [1.54, 1.807) is 11.3 Å². The van der Waals surface area contributed by atoms with Crippen molar-refractivity contribution in [1.29, 1.82) is 0 Å². The Labute approximate surface area is 81.1 Å². The van der Waals surface area contributed by atoms with Crippen LogP contribution in [0, 0.1) is 0 Å². The summed E-state index contributed by atoms with van der Waals surface area (Å²) in [5.74, 6) is 0. The molecular formula is C10H10N2S. The van der Waals surface area contributed by atoms with Crippen molar-refractivity contribution in [3.8, 4) is 0 Å². The molecule has 0 saturated heterocycles. The van der Waals surface area contributed by atoms with Gasteiger partial charge in [0.2, 0.25) is 0 Å². The number of allylic oxidation sites excluding steroid dienone is 4. The van der Waals surface area contributed by atoms with Gasteiger partial charge in [-0.3, -0.25) is 0 Å². The summed E-state index contributed by atoms with van der Waals surface area (Å²) >= 11 is 1.55. The maximum absolute atomic E-state index is 5.81. The number of nitrogen functional groups attached to an aromatic ring is 1. The molecule has 0 unspecified atom stereocenters. The summed E-state index contributed by atoms with van der Waals surface area (Å²) in [6, 6.07) is 2.02. The molecule has 0 bridgehead atoms. The summed E-state index contributed by atoms with van der Waals surface area (Å²) in [5, 5.41) is 6.01. The van der Waals surface area contributed by atoms with Crippen molar-refractivity contribution in [3.05, 3.63) is 47.5 Å². The Kier molecular flexibility index (Phi) is 2.19. The quantitative estimate of drug-likeness (QED) is 0.713. The highest BCUT2D eigenvalue weighted by Crippen LogP contribution is 2.25. The lowest BCUT2D eigenvalue weighted by atomic mass is 10.2. The van der Waals surface area contributed by atoms with Crippen molar-refractivity contribution in [2.45, 2.75) is 0 Å². The summed E-state index contributed by atoms with van der Waals surface area (Å²) in [4.78, 5) is 0. The number of hydrogen-bond donors (Lipinski definition) is 2. The number of nitrogens with two attached hydrogens (primary N) is 1. The standard InChI is InChI=1S/C10H10N2S/c11-10-8(5-7-13-10)9-4-2-1-3-6-12-9/h1-7,12H,11H2. The molecule has 1 aromatic rings. The van der Waals surface area contributed by atoms with E-state index in [0.717, 1.165) is 16.3 Å². The lowest BCUT2D eigenvalue weighted by Crippen LogP contribution is -2.03. The third-order valence-electron chi connectivity index (χ3n) is 1.81.